The number of rotatable bonds is 5. The molecule has 4 nitrogen and oxygen atoms in total. The van der Waals surface area contributed by atoms with E-state index in [0.717, 1.165) is 18.3 Å². The molecule has 0 saturated carbocycles. The quantitative estimate of drug-likeness (QED) is 0.908. The van der Waals surface area contributed by atoms with Crippen LogP contribution in [-0.4, -0.2) is 16.5 Å². The van der Waals surface area contributed by atoms with E-state index in [1.807, 2.05) is 0 Å². The number of benzene rings is 1. The molecule has 2 rings (SSSR count). The molecule has 1 aromatic carbocycles. The molecule has 0 fully saturated rings. The molecule has 118 valence electrons. The summed E-state index contributed by atoms with van der Waals surface area (Å²) in [5.74, 6) is -2.50. The first-order valence-electron chi connectivity index (χ1n) is 6.41. The molecule has 0 aliphatic heterocycles. The van der Waals surface area contributed by atoms with E-state index in [9.17, 15) is 18.0 Å². The van der Waals surface area contributed by atoms with Crippen molar-refractivity contribution >= 4 is 22.4 Å². The van der Waals surface area contributed by atoms with Crippen LogP contribution in [0.2, 0.25) is 0 Å². The highest BCUT2D eigenvalue weighted by atomic mass is 32.1. The first kappa shape index (κ1) is 16.3. The van der Waals surface area contributed by atoms with E-state index in [4.69, 9.17) is 4.74 Å². The number of amides is 1. The summed E-state index contributed by atoms with van der Waals surface area (Å²) in [6.07, 6.45) is 1.19. The molecule has 2 aromatic rings. The summed E-state index contributed by atoms with van der Waals surface area (Å²) < 4.78 is 44.8. The predicted molar refractivity (Wildman–Crippen MR) is 76.4 cm³/mol. The fraction of sp³-hybridized carbons (Fsp3) is 0.286. The highest BCUT2D eigenvalue weighted by Gasteiger charge is 2.35. The minimum atomic E-state index is -1.42. The molecular weight excluding hydrogens is 317 g/mol. The fourth-order valence-electron chi connectivity index (χ4n) is 1.62. The summed E-state index contributed by atoms with van der Waals surface area (Å²) >= 11 is 0.665. The van der Waals surface area contributed by atoms with Gasteiger partial charge in [0.25, 0.3) is 5.91 Å². The molecular formula is C14H13F3N2O2S. The maximum atomic E-state index is 13.7. The summed E-state index contributed by atoms with van der Waals surface area (Å²) in [4.78, 5) is 15.9. The normalized spacial score (nSPS) is 13.5. The van der Waals surface area contributed by atoms with Gasteiger partial charge in [-0.05, 0) is 25.5 Å². The van der Waals surface area contributed by atoms with Crippen LogP contribution in [-0.2, 0) is 4.79 Å². The first-order chi connectivity index (χ1) is 10.3. The molecule has 0 spiro atoms. The Labute approximate surface area is 128 Å². The number of ether oxygens (including phenoxy) is 1. The number of hydrogen-bond acceptors (Lipinski definition) is 4. The van der Waals surface area contributed by atoms with Crippen LogP contribution in [0.15, 0.2) is 24.4 Å². The molecule has 0 aliphatic rings. The van der Waals surface area contributed by atoms with E-state index in [1.54, 1.807) is 6.92 Å². The van der Waals surface area contributed by atoms with Gasteiger partial charge in [-0.1, -0.05) is 18.3 Å². The van der Waals surface area contributed by atoms with Gasteiger partial charge in [-0.2, -0.15) is 4.39 Å². The van der Waals surface area contributed by atoms with Gasteiger partial charge in [0.05, 0.1) is 6.20 Å². The van der Waals surface area contributed by atoms with E-state index < -0.39 is 28.3 Å². The van der Waals surface area contributed by atoms with Crippen molar-refractivity contribution in [2.45, 2.75) is 25.9 Å². The number of thiazole rings is 1. The SMILES string of the molecule is CCC(C)(Oc1ccc(F)cc1F)C(=O)Nc1ncc(F)s1. The summed E-state index contributed by atoms with van der Waals surface area (Å²) in [5.41, 5.74) is -1.42. The lowest BCUT2D eigenvalue weighted by Crippen LogP contribution is -2.45. The molecule has 0 saturated heterocycles. The van der Waals surface area contributed by atoms with Gasteiger partial charge in [0, 0.05) is 6.07 Å². The number of halogens is 3. The van der Waals surface area contributed by atoms with Gasteiger partial charge in [-0.25, -0.2) is 13.8 Å². The molecule has 1 heterocycles. The second kappa shape index (κ2) is 6.35. The smallest absolute Gasteiger partial charge is 0.270 e. The minimum absolute atomic E-state index is 0.0744. The highest BCUT2D eigenvalue weighted by molar-refractivity contribution is 7.14. The van der Waals surface area contributed by atoms with Crippen molar-refractivity contribution in [3.05, 3.63) is 41.2 Å². The zero-order chi connectivity index (χ0) is 16.3. The highest BCUT2D eigenvalue weighted by Crippen LogP contribution is 2.27. The van der Waals surface area contributed by atoms with E-state index >= 15 is 0 Å². The van der Waals surface area contributed by atoms with Crippen molar-refractivity contribution in [2.75, 3.05) is 5.32 Å². The predicted octanol–water partition coefficient (Wildman–Crippen LogP) is 3.75. The van der Waals surface area contributed by atoms with Gasteiger partial charge in [-0.3, -0.25) is 10.1 Å². The zero-order valence-electron chi connectivity index (χ0n) is 11.8. The Bertz CT molecular complexity index is 692. The molecule has 0 radical (unpaired) electrons. The van der Waals surface area contributed by atoms with E-state index in [2.05, 4.69) is 10.3 Å². The monoisotopic (exact) mass is 330 g/mol. The summed E-state index contributed by atoms with van der Waals surface area (Å²) in [5, 5.41) is 1.94. The number of carbonyl (C=O) groups is 1. The summed E-state index contributed by atoms with van der Waals surface area (Å²) in [6, 6.07) is 2.80. The van der Waals surface area contributed by atoms with Gasteiger partial charge in [0.2, 0.25) is 0 Å². The number of hydrogen-bond donors (Lipinski definition) is 1. The summed E-state index contributed by atoms with van der Waals surface area (Å²) in [6.45, 7) is 3.12. The van der Waals surface area contributed by atoms with Crippen LogP contribution in [0.3, 0.4) is 0 Å². The van der Waals surface area contributed by atoms with Crippen LogP contribution in [0.1, 0.15) is 20.3 Å². The van der Waals surface area contributed by atoms with Crippen molar-refractivity contribution < 1.29 is 22.7 Å². The Hall–Kier alpha value is -2.09. The lowest BCUT2D eigenvalue weighted by atomic mass is 10.0. The first-order valence-corrected chi connectivity index (χ1v) is 7.22. The zero-order valence-corrected chi connectivity index (χ0v) is 12.6. The van der Waals surface area contributed by atoms with Crippen molar-refractivity contribution in [3.8, 4) is 5.75 Å². The maximum Gasteiger partial charge on any atom is 0.270 e. The number of anilines is 1. The number of nitrogens with zero attached hydrogens (tertiary/aromatic N) is 1. The Morgan fingerprint density at radius 1 is 1.41 bits per heavy atom. The lowest BCUT2D eigenvalue weighted by molar-refractivity contribution is -0.130. The van der Waals surface area contributed by atoms with Crippen molar-refractivity contribution in [1.29, 1.82) is 0 Å². The largest absolute Gasteiger partial charge is 0.475 e. The molecule has 8 heteroatoms. The molecule has 0 aliphatic carbocycles. The molecule has 1 aromatic heterocycles. The van der Waals surface area contributed by atoms with Crippen LogP contribution in [0, 0.1) is 16.8 Å². The van der Waals surface area contributed by atoms with Crippen LogP contribution in [0.4, 0.5) is 18.3 Å². The topological polar surface area (TPSA) is 51.2 Å². The fourth-order valence-corrected chi connectivity index (χ4v) is 2.16. The second-order valence-electron chi connectivity index (χ2n) is 4.68. The number of aromatic nitrogens is 1. The third kappa shape index (κ3) is 3.56. The molecule has 1 atom stereocenters. The van der Waals surface area contributed by atoms with Crippen LogP contribution in [0.5, 0.6) is 5.75 Å². The van der Waals surface area contributed by atoms with Gasteiger partial charge >= 0.3 is 0 Å². The Morgan fingerprint density at radius 3 is 2.68 bits per heavy atom. The minimum Gasteiger partial charge on any atom is -0.475 e. The average Bonchev–Trinajstić information content (AvgIpc) is 2.87. The van der Waals surface area contributed by atoms with E-state index in [0.29, 0.717) is 17.4 Å². The number of nitrogens with one attached hydrogen (secondary N) is 1. The van der Waals surface area contributed by atoms with Gasteiger partial charge in [0.15, 0.2) is 27.4 Å². The Kier molecular flexibility index (Phi) is 4.70. The van der Waals surface area contributed by atoms with Gasteiger partial charge in [-0.15, -0.1) is 0 Å². The van der Waals surface area contributed by atoms with Gasteiger partial charge < -0.3 is 4.74 Å². The van der Waals surface area contributed by atoms with Crippen molar-refractivity contribution in [1.82, 2.24) is 4.98 Å². The molecule has 1 amide bonds. The Balaban J connectivity index is 2.18. The van der Waals surface area contributed by atoms with E-state index in [1.165, 1.54) is 6.92 Å². The number of carbonyl (C=O) groups excluding carboxylic acids is 1. The molecule has 1 N–H and O–H groups in total. The average molecular weight is 330 g/mol. The van der Waals surface area contributed by atoms with Crippen LogP contribution < -0.4 is 10.1 Å². The standard InChI is InChI=1S/C14H13F3N2O2S/c1-3-14(2,12(20)19-13-18-7-11(17)22-13)21-10-5-4-8(15)6-9(10)16/h4-7H,3H2,1-2H3,(H,18,19,20). The van der Waals surface area contributed by atoms with Gasteiger partial charge in [0.1, 0.15) is 5.82 Å². The molecule has 22 heavy (non-hydrogen) atoms. The molecule has 1 unspecified atom stereocenters. The van der Waals surface area contributed by atoms with Crippen molar-refractivity contribution in [2.24, 2.45) is 0 Å². The third-order valence-corrected chi connectivity index (χ3v) is 3.78. The maximum absolute atomic E-state index is 13.7. The van der Waals surface area contributed by atoms with Crippen LogP contribution >= 0.6 is 11.3 Å². The van der Waals surface area contributed by atoms with Crippen molar-refractivity contribution in [3.63, 3.8) is 0 Å². The summed E-state index contributed by atoms with van der Waals surface area (Å²) in [7, 11) is 0. The van der Waals surface area contributed by atoms with E-state index in [-0.39, 0.29) is 17.3 Å². The third-order valence-electron chi connectivity index (χ3n) is 3.08. The Morgan fingerprint density at radius 2 is 2.14 bits per heavy atom. The van der Waals surface area contributed by atoms with Crippen LogP contribution in [0.25, 0.3) is 0 Å². The molecule has 0 bridgehead atoms. The second-order valence-corrected chi connectivity index (χ2v) is 5.67. The lowest BCUT2D eigenvalue weighted by Gasteiger charge is -2.28.